The molecule has 1 aromatic carbocycles. The second-order valence-electron chi connectivity index (χ2n) is 6.11. The number of nitrogens with one attached hydrogen (secondary N) is 1. The van der Waals surface area contributed by atoms with Gasteiger partial charge in [-0.15, -0.1) is 0 Å². The van der Waals surface area contributed by atoms with E-state index >= 15 is 0 Å². The van der Waals surface area contributed by atoms with Crippen LogP contribution in [0.3, 0.4) is 0 Å². The number of rotatable bonds is 5. The van der Waals surface area contributed by atoms with Crippen LogP contribution in [0.5, 0.6) is 0 Å². The molecule has 1 unspecified atom stereocenters. The van der Waals surface area contributed by atoms with Gasteiger partial charge >= 0.3 is 0 Å². The smallest absolute Gasteiger partial charge is 0.298 e. The summed E-state index contributed by atoms with van der Waals surface area (Å²) in [5, 5.41) is 3.03. The van der Waals surface area contributed by atoms with Crippen molar-refractivity contribution in [3.05, 3.63) is 48.8 Å². The van der Waals surface area contributed by atoms with E-state index in [2.05, 4.69) is 15.2 Å². The van der Waals surface area contributed by atoms with E-state index in [1.807, 2.05) is 53.4 Å². The standard InChI is InChI=1S/C18H20N4O2/c23-17(13-21-9-3-4-10-21)19-12-14-6-5-11-22(14)18-20-15-7-1-2-8-16(15)24-18/h1-4,7-10,14H,5-6,11-13H2,(H,19,23). The molecule has 0 saturated carbocycles. The van der Waals surface area contributed by atoms with Crippen molar-refractivity contribution in [1.82, 2.24) is 14.9 Å². The Morgan fingerprint density at radius 3 is 2.92 bits per heavy atom. The molecular weight excluding hydrogens is 304 g/mol. The van der Waals surface area contributed by atoms with Crippen molar-refractivity contribution in [2.45, 2.75) is 25.4 Å². The Bertz CT molecular complexity index is 792. The fourth-order valence-electron chi connectivity index (χ4n) is 3.21. The zero-order valence-electron chi connectivity index (χ0n) is 13.4. The first-order valence-electron chi connectivity index (χ1n) is 8.29. The average Bonchev–Trinajstić information content (AvgIpc) is 3.32. The van der Waals surface area contributed by atoms with Gasteiger partial charge in [-0.1, -0.05) is 12.1 Å². The van der Waals surface area contributed by atoms with Crippen LogP contribution in [0.4, 0.5) is 6.01 Å². The molecule has 1 fully saturated rings. The summed E-state index contributed by atoms with van der Waals surface area (Å²) in [7, 11) is 0. The first kappa shape index (κ1) is 14.8. The highest BCUT2D eigenvalue weighted by atomic mass is 16.4. The Balaban J connectivity index is 1.40. The van der Waals surface area contributed by atoms with Gasteiger partial charge in [0.1, 0.15) is 12.1 Å². The molecule has 1 N–H and O–H groups in total. The van der Waals surface area contributed by atoms with Crippen molar-refractivity contribution in [3.63, 3.8) is 0 Å². The number of anilines is 1. The van der Waals surface area contributed by atoms with Gasteiger partial charge in [0.25, 0.3) is 6.01 Å². The van der Waals surface area contributed by atoms with E-state index in [9.17, 15) is 4.79 Å². The fraction of sp³-hybridized carbons (Fsp3) is 0.333. The number of benzene rings is 1. The van der Waals surface area contributed by atoms with E-state index in [-0.39, 0.29) is 11.9 Å². The lowest BCUT2D eigenvalue weighted by Gasteiger charge is -2.23. The normalized spacial score (nSPS) is 17.5. The van der Waals surface area contributed by atoms with Gasteiger partial charge < -0.3 is 19.2 Å². The maximum Gasteiger partial charge on any atom is 0.298 e. The van der Waals surface area contributed by atoms with Crippen LogP contribution in [0.1, 0.15) is 12.8 Å². The summed E-state index contributed by atoms with van der Waals surface area (Å²) in [6.45, 7) is 1.87. The Morgan fingerprint density at radius 2 is 2.08 bits per heavy atom. The van der Waals surface area contributed by atoms with Crippen LogP contribution in [0.25, 0.3) is 11.1 Å². The van der Waals surface area contributed by atoms with Gasteiger partial charge in [0.05, 0.1) is 6.04 Å². The van der Waals surface area contributed by atoms with E-state index < -0.39 is 0 Å². The first-order valence-corrected chi connectivity index (χ1v) is 8.29. The quantitative estimate of drug-likeness (QED) is 0.783. The van der Waals surface area contributed by atoms with Gasteiger partial charge in [-0.2, -0.15) is 4.98 Å². The van der Waals surface area contributed by atoms with E-state index in [1.165, 1.54) is 0 Å². The molecule has 124 valence electrons. The summed E-state index contributed by atoms with van der Waals surface area (Å²) in [6, 6.07) is 12.5. The van der Waals surface area contributed by atoms with Crippen LogP contribution >= 0.6 is 0 Å². The number of carbonyl (C=O) groups excluding carboxylic acids is 1. The lowest BCUT2D eigenvalue weighted by atomic mass is 10.2. The van der Waals surface area contributed by atoms with Crippen LogP contribution in [0, 0.1) is 0 Å². The van der Waals surface area contributed by atoms with Crippen molar-refractivity contribution < 1.29 is 9.21 Å². The van der Waals surface area contributed by atoms with Crippen LogP contribution in [-0.2, 0) is 11.3 Å². The first-order chi connectivity index (χ1) is 11.8. The highest BCUT2D eigenvalue weighted by molar-refractivity contribution is 5.76. The average molecular weight is 324 g/mol. The highest BCUT2D eigenvalue weighted by Gasteiger charge is 2.28. The third kappa shape index (κ3) is 2.99. The minimum atomic E-state index is 0.0237. The Hall–Kier alpha value is -2.76. The molecule has 6 nitrogen and oxygen atoms in total. The van der Waals surface area contributed by atoms with Crippen LogP contribution < -0.4 is 10.2 Å². The van der Waals surface area contributed by atoms with E-state index in [0.717, 1.165) is 30.5 Å². The summed E-state index contributed by atoms with van der Waals surface area (Å²) >= 11 is 0. The van der Waals surface area contributed by atoms with Crippen molar-refractivity contribution in [3.8, 4) is 0 Å². The van der Waals surface area contributed by atoms with E-state index in [1.54, 1.807) is 0 Å². The molecule has 6 heteroatoms. The maximum absolute atomic E-state index is 12.1. The van der Waals surface area contributed by atoms with Crippen molar-refractivity contribution in [2.75, 3.05) is 18.0 Å². The molecule has 3 heterocycles. The second kappa shape index (κ2) is 6.39. The number of aromatic nitrogens is 2. The minimum Gasteiger partial charge on any atom is -0.423 e. The van der Waals surface area contributed by atoms with Gasteiger partial charge in [0.15, 0.2) is 5.58 Å². The van der Waals surface area contributed by atoms with Crippen molar-refractivity contribution in [2.24, 2.45) is 0 Å². The topological polar surface area (TPSA) is 63.3 Å². The van der Waals surface area contributed by atoms with Crippen LogP contribution in [0.15, 0.2) is 53.2 Å². The number of hydrogen-bond acceptors (Lipinski definition) is 4. The predicted octanol–water partition coefficient (Wildman–Crippen LogP) is 2.41. The number of nitrogens with zero attached hydrogens (tertiary/aromatic N) is 3. The zero-order valence-corrected chi connectivity index (χ0v) is 13.4. The van der Waals surface area contributed by atoms with Crippen molar-refractivity contribution >= 4 is 23.0 Å². The third-order valence-corrected chi connectivity index (χ3v) is 4.43. The summed E-state index contributed by atoms with van der Waals surface area (Å²) in [5.41, 5.74) is 1.67. The second-order valence-corrected chi connectivity index (χ2v) is 6.11. The van der Waals surface area contributed by atoms with Gasteiger partial charge in [0.2, 0.25) is 5.91 Å². The highest BCUT2D eigenvalue weighted by Crippen LogP contribution is 2.27. The molecule has 0 aliphatic carbocycles. The zero-order chi connectivity index (χ0) is 16.4. The lowest BCUT2D eigenvalue weighted by Crippen LogP contribution is -2.41. The summed E-state index contributed by atoms with van der Waals surface area (Å²) in [4.78, 5) is 18.8. The molecule has 3 aromatic rings. The monoisotopic (exact) mass is 324 g/mol. The summed E-state index contributed by atoms with van der Waals surface area (Å²) < 4.78 is 7.74. The van der Waals surface area contributed by atoms with Crippen LogP contribution in [0.2, 0.25) is 0 Å². The molecule has 0 radical (unpaired) electrons. The Labute approximate surface area is 140 Å². The molecule has 1 atom stereocenters. The molecule has 24 heavy (non-hydrogen) atoms. The van der Waals surface area contributed by atoms with Gasteiger partial charge in [-0.3, -0.25) is 4.79 Å². The Morgan fingerprint density at radius 1 is 1.25 bits per heavy atom. The van der Waals surface area contributed by atoms with E-state index in [4.69, 9.17) is 4.42 Å². The van der Waals surface area contributed by atoms with Crippen molar-refractivity contribution in [1.29, 1.82) is 0 Å². The van der Waals surface area contributed by atoms with Crippen LogP contribution in [-0.4, -0.2) is 34.6 Å². The SMILES string of the molecule is O=C(Cn1cccc1)NCC1CCCN1c1nc2ccccc2o1. The summed E-state index contributed by atoms with van der Waals surface area (Å²) in [6.07, 6.45) is 5.89. The molecule has 2 aromatic heterocycles. The van der Waals surface area contributed by atoms with E-state index in [0.29, 0.717) is 19.1 Å². The molecule has 0 bridgehead atoms. The Kier molecular flexibility index (Phi) is 3.94. The van der Waals surface area contributed by atoms with Gasteiger partial charge in [-0.25, -0.2) is 0 Å². The molecule has 1 saturated heterocycles. The molecule has 1 aliphatic rings. The summed E-state index contributed by atoms with van der Waals surface area (Å²) in [5.74, 6) is 0.0237. The third-order valence-electron chi connectivity index (χ3n) is 4.43. The molecule has 0 spiro atoms. The number of carbonyl (C=O) groups is 1. The van der Waals surface area contributed by atoms with Gasteiger partial charge in [0, 0.05) is 25.5 Å². The number of amides is 1. The number of fused-ring (bicyclic) bond motifs is 1. The maximum atomic E-state index is 12.1. The largest absolute Gasteiger partial charge is 0.423 e. The molecule has 4 rings (SSSR count). The van der Waals surface area contributed by atoms with Gasteiger partial charge in [-0.05, 0) is 37.1 Å². The predicted molar refractivity (Wildman–Crippen MR) is 91.8 cm³/mol. The fourth-order valence-corrected chi connectivity index (χ4v) is 3.21. The number of hydrogen-bond donors (Lipinski definition) is 1. The molecular formula is C18H20N4O2. The molecule has 1 aliphatic heterocycles. The minimum absolute atomic E-state index is 0.0237. The number of oxazole rings is 1. The lowest BCUT2D eigenvalue weighted by molar-refractivity contribution is -0.121. The number of para-hydroxylation sites is 2. The molecule has 1 amide bonds.